The first-order chi connectivity index (χ1) is 7.66. The van der Waals surface area contributed by atoms with Crippen LogP contribution in [-0.2, 0) is 4.79 Å². The Bertz CT molecular complexity index is 504. The second-order valence-electron chi connectivity index (χ2n) is 3.81. The molecule has 1 heterocycles. The van der Waals surface area contributed by atoms with Crippen molar-refractivity contribution in [1.29, 1.82) is 0 Å². The standard InChI is InChI=1S/C12H14N2OS/c1-14(2)12(15)8-13-10-3-4-11-9(7-10)5-6-16-11/h3-7,13H,8H2,1-2H3. The van der Waals surface area contributed by atoms with Gasteiger partial charge < -0.3 is 10.2 Å². The number of fused-ring (bicyclic) bond motifs is 1. The van der Waals surface area contributed by atoms with Crippen LogP contribution in [0.1, 0.15) is 0 Å². The molecule has 2 rings (SSSR count). The maximum atomic E-state index is 11.4. The molecule has 84 valence electrons. The molecule has 0 saturated carbocycles. The number of likely N-dealkylation sites (N-methyl/N-ethyl adjacent to an activating group) is 1. The first-order valence-electron chi connectivity index (χ1n) is 5.08. The third kappa shape index (κ3) is 2.33. The van der Waals surface area contributed by atoms with E-state index in [0.29, 0.717) is 6.54 Å². The van der Waals surface area contributed by atoms with Gasteiger partial charge in [0.1, 0.15) is 0 Å². The lowest BCUT2D eigenvalue weighted by molar-refractivity contribution is -0.126. The first-order valence-corrected chi connectivity index (χ1v) is 5.96. The van der Waals surface area contributed by atoms with Gasteiger partial charge in [-0.05, 0) is 35.0 Å². The molecule has 0 unspecified atom stereocenters. The molecule has 0 spiro atoms. The Morgan fingerprint density at radius 3 is 2.94 bits per heavy atom. The van der Waals surface area contributed by atoms with Crippen molar-refractivity contribution in [3.8, 4) is 0 Å². The fourth-order valence-corrected chi connectivity index (χ4v) is 2.18. The van der Waals surface area contributed by atoms with Crippen molar-refractivity contribution >= 4 is 33.0 Å². The fourth-order valence-electron chi connectivity index (χ4n) is 1.41. The summed E-state index contributed by atoms with van der Waals surface area (Å²) in [6.07, 6.45) is 0. The molecule has 4 heteroatoms. The number of nitrogens with one attached hydrogen (secondary N) is 1. The molecule has 0 aliphatic carbocycles. The van der Waals surface area contributed by atoms with Crippen LogP contribution < -0.4 is 5.32 Å². The molecule has 1 aromatic heterocycles. The number of carbonyl (C=O) groups excluding carboxylic acids is 1. The molecule has 0 aliphatic heterocycles. The highest BCUT2D eigenvalue weighted by molar-refractivity contribution is 7.17. The van der Waals surface area contributed by atoms with Gasteiger partial charge >= 0.3 is 0 Å². The van der Waals surface area contributed by atoms with Crippen LogP contribution >= 0.6 is 11.3 Å². The van der Waals surface area contributed by atoms with Gasteiger partial charge in [-0.3, -0.25) is 4.79 Å². The smallest absolute Gasteiger partial charge is 0.241 e. The second-order valence-corrected chi connectivity index (χ2v) is 4.76. The monoisotopic (exact) mass is 234 g/mol. The zero-order valence-electron chi connectivity index (χ0n) is 9.36. The van der Waals surface area contributed by atoms with E-state index in [1.807, 2.05) is 6.07 Å². The average Bonchev–Trinajstić information content (AvgIpc) is 2.72. The quantitative estimate of drug-likeness (QED) is 0.884. The molecule has 1 amide bonds. The van der Waals surface area contributed by atoms with Crippen LogP contribution in [0, 0.1) is 0 Å². The number of rotatable bonds is 3. The Morgan fingerprint density at radius 2 is 2.19 bits per heavy atom. The summed E-state index contributed by atoms with van der Waals surface area (Å²) in [6, 6.07) is 8.22. The SMILES string of the molecule is CN(C)C(=O)CNc1ccc2sccc2c1. The maximum Gasteiger partial charge on any atom is 0.241 e. The summed E-state index contributed by atoms with van der Waals surface area (Å²) in [5, 5.41) is 6.41. The second kappa shape index (κ2) is 4.53. The molecule has 16 heavy (non-hydrogen) atoms. The predicted octanol–water partition coefficient (Wildman–Crippen LogP) is 2.40. The normalized spacial score (nSPS) is 10.4. The average molecular weight is 234 g/mol. The van der Waals surface area contributed by atoms with Crippen LogP contribution in [0.5, 0.6) is 0 Å². The minimum absolute atomic E-state index is 0.0745. The predicted molar refractivity (Wildman–Crippen MR) is 69.0 cm³/mol. The number of benzene rings is 1. The Labute approximate surface area is 98.7 Å². The van der Waals surface area contributed by atoms with E-state index >= 15 is 0 Å². The van der Waals surface area contributed by atoms with E-state index in [2.05, 4.69) is 28.9 Å². The summed E-state index contributed by atoms with van der Waals surface area (Å²) < 4.78 is 1.27. The van der Waals surface area contributed by atoms with Crippen molar-refractivity contribution in [1.82, 2.24) is 4.90 Å². The van der Waals surface area contributed by atoms with E-state index in [1.54, 1.807) is 30.3 Å². The molecule has 2 aromatic rings. The van der Waals surface area contributed by atoms with E-state index < -0.39 is 0 Å². The van der Waals surface area contributed by atoms with Gasteiger partial charge in [-0.2, -0.15) is 0 Å². The fraction of sp³-hybridized carbons (Fsp3) is 0.250. The van der Waals surface area contributed by atoms with Crippen molar-refractivity contribution in [3.63, 3.8) is 0 Å². The molecular weight excluding hydrogens is 220 g/mol. The van der Waals surface area contributed by atoms with Gasteiger partial charge in [0.15, 0.2) is 0 Å². The Balaban J connectivity index is 2.06. The summed E-state index contributed by atoms with van der Waals surface area (Å²) in [6.45, 7) is 0.336. The van der Waals surface area contributed by atoms with Crippen LogP contribution in [-0.4, -0.2) is 31.4 Å². The minimum atomic E-state index is 0.0745. The highest BCUT2D eigenvalue weighted by Gasteiger charge is 2.03. The van der Waals surface area contributed by atoms with Gasteiger partial charge in [0.25, 0.3) is 0 Å². The van der Waals surface area contributed by atoms with Gasteiger partial charge in [0.2, 0.25) is 5.91 Å². The third-order valence-corrected chi connectivity index (χ3v) is 3.29. The number of anilines is 1. The molecule has 1 N–H and O–H groups in total. The zero-order valence-corrected chi connectivity index (χ0v) is 10.2. The summed E-state index contributed by atoms with van der Waals surface area (Å²) in [5.41, 5.74) is 0.987. The van der Waals surface area contributed by atoms with Crippen LogP contribution in [0.3, 0.4) is 0 Å². The Kier molecular flexibility index (Phi) is 3.10. The number of hydrogen-bond acceptors (Lipinski definition) is 3. The molecule has 3 nitrogen and oxygen atoms in total. The van der Waals surface area contributed by atoms with E-state index in [9.17, 15) is 4.79 Å². The Hall–Kier alpha value is -1.55. The molecule has 0 radical (unpaired) electrons. The molecule has 0 atom stereocenters. The number of hydrogen-bond donors (Lipinski definition) is 1. The van der Waals surface area contributed by atoms with Gasteiger partial charge in [-0.1, -0.05) is 0 Å². The lowest BCUT2D eigenvalue weighted by Gasteiger charge is -2.11. The number of nitrogens with zero attached hydrogens (tertiary/aromatic N) is 1. The first kappa shape index (κ1) is 11.0. The largest absolute Gasteiger partial charge is 0.376 e. The van der Waals surface area contributed by atoms with Crippen LogP contribution in [0.25, 0.3) is 10.1 Å². The lowest BCUT2D eigenvalue weighted by Crippen LogP contribution is -2.28. The zero-order chi connectivity index (χ0) is 11.5. The lowest BCUT2D eigenvalue weighted by atomic mass is 10.2. The topological polar surface area (TPSA) is 32.3 Å². The maximum absolute atomic E-state index is 11.4. The van der Waals surface area contributed by atoms with Gasteiger partial charge in [0.05, 0.1) is 6.54 Å². The van der Waals surface area contributed by atoms with Crippen molar-refractivity contribution < 1.29 is 4.79 Å². The van der Waals surface area contributed by atoms with Gasteiger partial charge in [0, 0.05) is 24.5 Å². The third-order valence-electron chi connectivity index (χ3n) is 2.39. The van der Waals surface area contributed by atoms with Gasteiger partial charge in [-0.15, -0.1) is 11.3 Å². The number of amides is 1. The van der Waals surface area contributed by atoms with Crippen LogP contribution in [0.4, 0.5) is 5.69 Å². The molecule has 1 aromatic carbocycles. The summed E-state index contributed by atoms with van der Waals surface area (Å²) in [5.74, 6) is 0.0745. The van der Waals surface area contributed by atoms with Gasteiger partial charge in [-0.25, -0.2) is 0 Å². The van der Waals surface area contributed by atoms with Crippen molar-refractivity contribution in [3.05, 3.63) is 29.6 Å². The van der Waals surface area contributed by atoms with E-state index in [-0.39, 0.29) is 5.91 Å². The highest BCUT2D eigenvalue weighted by Crippen LogP contribution is 2.23. The van der Waals surface area contributed by atoms with Crippen LogP contribution in [0.15, 0.2) is 29.6 Å². The minimum Gasteiger partial charge on any atom is -0.376 e. The Morgan fingerprint density at radius 1 is 1.38 bits per heavy atom. The van der Waals surface area contributed by atoms with Crippen LogP contribution in [0.2, 0.25) is 0 Å². The van der Waals surface area contributed by atoms with Crippen molar-refractivity contribution in [2.45, 2.75) is 0 Å². The van der Waals surface area contributed by atoms with E-state index in [1.165, 1.54) is 10.1 Å². The molecule has 0 saturated heterocycles. The molecule has 0 bridgehead atoms. The number of thiophene rings is 1. The summed E-state index contributed by atoms with van der Waals surface area (Å²) >= 11 is 1.72. The molecule has 0 aliphatic rings. The van der Waals surface area contributed by atoms with E-state index in [0.717, 1.165) is 5.69 Å². The van der Waals surface area contributed by atoms with Crippen molar-refractivity contribution in [2.75, 3.05) is 26.0 Å². The van der Waals surface area contributed by atoms with Crippen molar-refractivity contribution in [2.24, 2.45) is 0 Å². The summed E-state index contributed by atoms with van der Waals surface area (Å²) in [7, 11) is 3.51. The summed E-state index contributed by atoms with van der Waals surface area (Å²) in [4.78, 5) is 13.0. The van der Waals surface area contributed by atoms with E-state index in [4.69, 9.17) is 0 Å². The number of carbonyl (C=O) groups is 1. The molecule has 0 fully saturated rings. The highest BCUT2D eigenvalue weighted by atomic mass is 32.1. The molecular formula is C12H14N2OS.